The van der Waals surface area contributed by atoms with Crippen LogP contribution in [0.4, 0.5) is 0 Å². The van der Waals surface area contributed by atoms with Crippen molar-refractivity contribution in [1.82, 2.24) is 9.55 Å². The zero-order chi connectivity index (χ0) is 44.5. The molecule has 0 saturated heterocycles. The smallest absolute Gasteiger partial charge is 0.501 e. The van der Waals surface area contributed by atoms with Crippen LogP contribution in [0.15, 0.2) is 59.7 Å². The quantitative estimate of drug-likeness (QED) is 0.131. The number of aromatic nitrogens is 2. The van der Waals surface area contributed by atoms with E-state index in [0.29, 0.717) is 28.2 Å². The molecule has 60 heavy (non-hydrogen) atoms. The number of carbonyl (C=O) groups excluding carboxylic acids is 1. The van der Waals surface area contributed by atoms with Gasteiger partial charge in [0.2, 0.25) is 0 Å². The van der Waals surface area contributed by atoms with Gasteiger partial charge in [-0.1, -0.05) is 124 Å². The molecule has 4 heterocycles. The van der Waals surface area contributed by atoms with Gasteiger partial charge < -0.3 is 14.1 Å². The molecule has 0 fully saturated rings. The molecule has 0 unspecified atom stereocenters. The van der Waals surface area contributed by atoms with E-state index in [9.17, 15) is 2.74 Å². The summed E-state index contributed by atoms with van der Waals surface area (Å²) in [7, 11) is 0. The second-order valence-electron chi connectivity index (χ2n) is 21.5. The maximum absolute atomic E-state index is 15.2. The van der Waals surface area contributed by atoms with Gasteiger partial charge in [-0.05, 0) is 101 Å². The molecule has 0 bridgehead atoms. The predicted octanol–water partition coefficient (Wildman–Crippen LogP) is 12.5. The number of ketones is 1. The van der Waals surface area contributed by atoms with E-state index in [-0.39, 0.29) is 37.7 Å². The molecule has 3 aliphatic rings. The van der Waals surface area contributed by atoms with Crippen molar-refractivity contribution < 1.29 is 33.3 Å². The minimum Gasteiger partial charge on any atom is -0.501 e. The summed E-state index contributed by atoms with van der Waals surface area (Å²) in [5.41, 5.74) is 10.4. The average molecular weight is 979 g/mol. The largest absolute Gasteiger partial charge is 2.00 e. The van der Waals surface area contributed by atoms with E-state index >= 15 is 4.79 Å². The monoisotopic (exact) mass is 978 g/mol. The molecule has 0 amide bonds. The third-order valence-electron chi connectivity index (χ3n) is 13.9. The van der Waals surface area contributed by atoms with Crippen molar-refractivity contribution >= 4 is 33.6 Å². The average Bonchev–Trinajstić information content (AvgIpc) is 3.72. The molecular weight excluding hydrogens is 918 g/mol. The van der Waals surface area contributed by atoms with Crippen LogP contribution in [-0.4, -0.2) is 26.8 Å². The number of aryl methyl sites for hydroxylation is 4. The Morgan fingerprint density at radius 2 is 1.42 bits per heavy atom. The zero-order valence-corrected chi connectivity index (χ0v) is 40.4. The maximum Gasteiger partial charge on any atom is 2.00 e. The molecule has 2 aromatic heterocycles. The first-order valence-corrected chi connectivity index (χ1v) is 21.1. The summed E-state index contributed by atoms with van der Waals surface area (Å²) in [6, 6.07) is 24.2. The molecule has 5 nitrogen and oxygen atoms in total. The van der Waals surface area contributed by atoms with Crippen LogP contribution < -0.4 is 0 Å². The van der Waals surface area contributed by atoms with E-state index < -0.39 is 28.3 Å². The Balaban J connectivity index is 0.00000529. The predicted molar refractivity (Wildman–Crippen MR) is 242 cm³/mol. The molecule has 0 spiro atoms. The van der Waals surface area contributed by atoms with Crippen molar-refractivity contribution in [2.45, 2.75) is 145 Å². The first kappa shape index (κ1) is 39.8. The third-order valence-corrected chi connectivity index (χ3v) is 13.9. The van der Waals surface area contributed by atoms with Crippen LogP contribution in [0.1, 0.15) is 163 Å². The van der Waals surface area contributed by atoms with Crippen molar-refractivity contribution in [2.24, 2.45) is 10.4 Å². The molecule has 0 radical (unpaired) electrons. The zero-order valence-electron chi connectivity index (χ0n) is 40.2. The van der Waals surface area contributed by atoms with Gasteiger partial charge in [0.15, 0.2) is 0 Å². The standard InChI is InChI=1S/C54H59N3O2.Pt/c1-29-17-18-55-47-44(29)39-25-37(50(8,9)10)26-42-45(39)57(47)43-27-38(32(4)21-41(43)52(42,14)15)46(58)33-22-34(24-36(23-33)49(5,6)7)48-56-53(16)40-20-31(3)30(2)19-35(40)28-54(53,59-48)51(11,12)13;/h17-21,23-26H,28H2,1-16H3;/q-2;+2/t53-,54-;/m1./s1/i28D2;. The van der Waals surface area contributed by atoms with Crippen molar-refractivity contribution in [1.29, 1.82) is 0 Å². The van der Waals surface area contributed by atoms with Crippen molar-refractivity contribution in [3.05, 3.63) is 139 Å². The molecule has 4 aromatic carbocycles. The fourth-order valence-electron chi connectivity index (χ4n) is 10.0. The number of benzene rings is 4. The Morgan fingerprint density at radius 1 is 0.783 bits per heavy atom. The number of fused-ring (bicyclic) bond motifs is 8. The normalized spacial score (nSPS) is 21.7. The van der Waals surface area contributed by atoms with Gasteiger partial charge in [-0.25, -0.2) is 4.98 Å². The van der Waals surface area contributed by atoms with Crippen LogP contribution in [-0.2, 0) is 54.0 Å². The molecule has 6 heteroatoms. The van der Waals surface area contributed by atoms with Crippen LogP contribution in [0, 0.1) is 45.2 Å². The fourth-order valence-corrected chi connectivity index (χ4v) is 10.0. The Bertz CT molecular complexity index is 2990. The number of aliphatic imine (C=N–C) groups is 1. The summed E-state index contributed by atoms with van der Waals surface area (Å²) in [5.74, 6) is 0.102. The van der Waals surface area contributed by atoms with Crippen LogP contribution in [0.3, 0.4) is 0 Å². The summed E-state index contributed by atoms with van der Waals surface area (Å²) >= 11 is 0. The van der Waals surface area contributed by atoms with Crippen LogP contribution in [0.2, 0.25) is 0 Å². The second-order valence-corrected chi connectivity index (χ2v) is 21.5. The third kappa shape index (κ3) is 5.76. The Kier molecular flexibility index (Phi) is 8.68. The fraction of sp³-hybridized carbons (Fsp3) is 0.426. The Morgan fingerprint density at radius 3 is 2.07 bits per heavy atom. The number of rotatable bonds is 3. The van der Waals surface area contributed by atoms with Gasteiger partial charge in [0.05, 0.1) is 11.3 Å². The van der Waals surface area contributed by atoms with Gasteiger partial charge in [0.1, 0.15) is 22.7 Å². The maximum atomic E-state index is 15.2. The van der Waals surface area contributed by atoms with E-state index in [1.165, 1.54) is 16.5 Å². The van der Waals surface area contributed by atoms with Gasteiger partial charge in [0.25, 0.3) is 0 Å². The van der Waals surface area contributed by atoms with Gasteiger partial charge in [-0.15, -0.1) is 41.5 Å². The first-order valence-electron chi connectivity index (χ1n) is 22.1. The number of nitrogens with zero attached hydrogens (tertiary/aromatic N) is 3. The summed E-state index contributed by atoms with van der Waals surface area (Å²) in [5, 5.41) is 2.29. The van der Waals surface area contributed by atoms with E-state index in [0.717, 1.165) is 61.2 Å². The van der Waals surface area contributed by atoms with Gasteiger partial charge in [-0.3, -0.25) is 4.99 Å². The Labute approximate surface area is 374 Å². The van der Waals surface area contributed by atoms with Crippen LogP contribution in [0.5, 0.6) is 0 Å². The van der Waals surface area contributed by atoms with Gasteiger partial charge >= 0.3 is 21.1 Å². The molecule has 1 aliphatic carbocycles. The summed E-state index contributed by atoms with van der Waals surface area (Å²) in [4.78, 5) is 25.6. The van der Waals surface area contributed by atoms with E-state index in [1.807, 2.05) is 65.9 Å². The molecule has 312 valence electrons. The molecule has 2 atom stereocenters. The summed E-state index contributed by atoms with van der Waals surface area (Å²) < 4.78 is 28.9. The summed E-state index contributed by atoms with van der Waals surface area (Å²) in [6.45, 7) is 34.1. The van der Waals surface area contributed by atoms with Crippen LogP contribution >= 0.6 is 0 Å². The minimum absolute atomic E-state index is 0. The molecule has 0 N–H and O–H groups in total. The van der Waals surface area contributed by atoms with Crippen molar-refractivity contribution in [3.63, 3.8) is 0 Å². The number of ether oxygens (including phenoxy) is 1. The molecular formula is C54H59N3O2Pt. The Hall–Kier alpha value is -4.34. The molecule has 2 aliphatic heterocycles. The SMILES string of the molecule is [2H]C1([2H])c2cc(C)c(C)cc2[C@@]2(C)N=C(c3[c-]c(C(=O)c4[c-]c5c(cc4C)C(C)(C)c4cc(C(C)(C)C)cc6c7c(C)ccnc7n-5c46)cc(C(C)(C)C)c3)O[C@@]12C(C)(C)C.[Pt+2]. The second kappa shape index (κ2) is 13.1. The number of carbonyl (C=O) groups is 1. The van der Waals surface area contributed by atoms with Gasteiger partial charge in [-0.2, -0.15) is 0 Å². The molecule has 6 aromatic rings. The first-order chi connectivity index (χ1) is 28.1. The molecule has 9 rings (SSSR count). The topological polar surface area (TPSA) is 56.5 Å². The van der Waals surface area contributed by atoms with E-state index in [1.54, 1.807) is 0 Å². The number of hydrogen-bond donors (Lipinski definition) is 0. The van der Waals surface area contributed by atoms with Gasteiger partial charge in [0, 0.05) is 31.5 Å². The summed E-state index contributed by atoms with van der Waals surface area (Å²) in [6.07, 6.45) is -0.00622. The van der Waals surface area contributed by atoms with Crippen LogP contribution in [0.25, 0.3) is 27.6 Å². The van der Waals surface area contributed by atoms with Crippen molar-refractivity contribution in [2.75, 3.05) is 0 Å². The number of hydrogen-bond acceptors (Lipinski definition) is 4. The van der Waals surface area contributed by atoms with E-state index in [4.69, 9.17) is 14.7 Å². The minimum atomic E-state index is -1.88. The number of pyridine rings is 1. The molecule has 0 saturated carbocycles. The van der Waals surface area contributed by atoms with Crippen molar-refractivity contribution in [3.8, 4) is 5.69 Å². The van der Waals surface area contributed by atoms with E-state index in [2.05, 4.69) is 116 Å².